The second-order valence-corrected chi connectivity index (χ2v) is 2.58. The normalized spacial score (nSPS) is 10.5. The average Bonchev–Trinajstić information content (AvgIpc) is 2.16. The van der Waals surface area contributed by atoms with Crippen LogP contribution >= 0.6 is 0 Å². The van der Waals surface area contributed by atoms with Crippen molar-refractivity contribution in [1.29, 1.82) is 0 Å². The van der Waals surface area contributed by atoms with Crippen molar-refractivity contribution in [2.75, 3.05) is 0 Å². The Morgan fingerprint density at radius 3 is 2.38 bits per heavy atom. The van der Waals surface area contributed by atoms with E-state index in [1.807, 2.05) is 43.3 Å². The summed E-state index contributed by atoms with van der Waals surface area (Å²) in [6.07, 6.45) is 3.04. The molecule has 0 bridgehead atoms. The Labute approximate surface area is 92.4 Å². The third-order valence-corrected chi connectivity index (χ3v) is 1.72. The van der Waals surface area contributed by atoms with Crippen LogP contribution in [0.1, 0.15) is 20.3 Å². The Balaban J connectivity index is 0.00000144. The van der Waals surface area contributed by atoms with Gasteiger partial charge in [0, 0.05) is 0 Å². The first-order valence-electron chi connectivity index (χ1n) is 4.28. The molecule has 0 aliphatic carbocycles. The van der Waals surface area contributed by atoms with Crippen LogP contribution in [0.2, 0.25) is 0 Å². The summed E-state index contributed by atoms with van der Waals surface area (Å²) in [4.78, 5) is 0. The second-order valence-electron chi connectivity index (χ2n) is 2.58. The molecule has 0 radical (unpaired) electrons. The van der Waals surface area contributed by atoms with Gasteiger partial charge in [-0.25, -0.2) is 0 Å². The monoisotopic (exact) mass is 167 g/mol. The quantitative estimate of drug-likeness (QED) is 0.596. The molecule has 0 aromatic heterocycles. The maximum absolute atomic E-state index is 4.46. The summed E-state index contributed by atoms with van der Waals surface area (Å²) in [5.41, 5.74) is 2.17. The van der Waals surface area contributed by atoms with Gasteiger partial charge in [0.25, 0.3) is 0 Å². The molecule has 0 spiro atoms. The number of hydrogen-bond acceptors (Lipinski definition) is 0. The molecule has 0 heterocycles. The Bertz CT molecular complexity index is 254. The number of nitrogens with zero attached hydrogens (tertiary/aromatic N) is 1. The zero-order valence-electron chi connectivity index (χ0n) is 8.62. The molecule has 1 nitrogen and oxygen atoms in total. The van der Waals surface area contributed by atoms with Crippen LogP contribution in [0.4, 0.5) is 5.69 Å². The van der Waals surface area contributed by atoms with Gasteiger partial charge in [-0.2, -0.15) is 5.70 Å². The fourth-order valence-electron chi connectivity index (χ4n) is 1.02. The molecule has 0 amide bonds. The van der Waals surface area contributed by atoms with Crippen molar-refractivity contribution >= 4 is 5.69 Å². The second kappa shape index (κ2) is 6.83. The van der Waals surface area contributed by atoms with E-state index in [9.17, 15) is 0 Å². The average molecular weight is 167 g/mol. The van der Waals surface area contributed by atoms with Crippen molar-refractivity contribution in [1.82, 2.24) is 0 Å². The summed E-state index contributed by atoms with van der Waals surface area (Å²) in [6.45, 7) is 4.13. The maximum Gasteiger partial charge on any atom is 1.00 e. The Hall–Kier alpha value is -0.643. The molecule has 0 fully saturated rings. The summed E-state index contributed by atoms with van der Waals surface area (Å²) >= 11 is 0. The van der Waals surface area contributed by atoms with Crippen LogP contribution in [0.15, 0.2) is 42.1 Å². The van der Waals surface area contributed by atoms with Crippen molar-refractivity contribution in [2.45, 2.75) is 20.3 Å². The molecule has 1 aromatic carbocycles. The van der Waals surface area contributed by atoms with E-state index >= 15 is 0 Å². The van der Waals surface area contributed by atoms with Crippen LogP contribution in [0.25, 0.3) is 5.32 Å². The summed E-state index contributed by atoms with van der Waals surface area (Å²) in [6, 6.07) is 10.0. The van der Waals surface area contributed by atoms with Gasteiger partial charge in [0.05, 0.1) is 0 Å². The molecule has 0 unspecified atom stereocenters. The topological polar surface area (TPSA) is 14.1 Å². The minimum atomic E-state index is 0. The van der Waals surface area contributed by atoms with Gasteiger partial charge in [0.2, 0.25) is 0 Å². The van der Waals surface area contributed by atoms with Gasteiger partial charge in [-0.15, -0.1) is 11.8 Å². The first kappa shape index (κ1) is 12.4. The minimum Gasteiger partial charge on any atom is -0.662 e. The zero-order valence-corrected chi connectivity index (χ0v) is 8.62. The molecule has 1 aromatic rings. The predicted octanol–water partition coefficient (Wildman–Crippen LogP) is 1.01. The van der Waals surface area contributed by atoms with E-state index in [-0.39, 0.29) is 18.9 Å². The number of rotatable bonds is 3. The standard InChI is InChI=1S/C11H14N.Li/c1-3-10(4-2)12-11-8-6-5-7-9-11;/h3,5-9H,4H2,1-2H3;/q-1;+1/b10-3+;. The molecule has 0 aliphatic rings. The SMILES string of the molecule is C/C=C(\CC)[N-]c1ccccc1.[Li+]. The van der Waals surface area contributed by atoms with Gasteiger partial charge in [-0.05, 0) is 6.92 Å². The summed E-state index contributed by atoms with van der Waals surface area (Å²) in [5, 5.41) is 4.46. The molecule has 1 rings (SSSR count). The molecule has 0 saturated heterocycles. The zero-order chi connectivity index (χ0) is 8.81. The van der Waals surface area contributed by atoms with E-state index in [0.717, 1.165) is 17.8 Å². The van der Waals surface area contributed by atoms with Crippen molar-refractivity contribution in [3.05, 3.63) is 47.4 Å². The Morgan fingerprint density at radius 2 is 1.92 bits per heavy atom. The van der Waals surface area contributed by atoms with Crippen molar-refractivity contribution in [3.8, 4) is 0 Å². The number of allylic oxidation sites excluding steroid dienone is 2. The van der Waals surface area contributed by atoms with E-state index in [4.69, 9.17) is 0 Å². The largest absolute Gasteiger partial charge is 1.00 e. The van der Waals surface area contributed by atoms with Crippen LogP contribution in [0.3, 0.4) is 0 Å². The molecule has 0 saturated carbocycles. The Morgan fingerprint density at radius 1 is 1.31 bits per heavy atom. The van der Waals surface area contributed by atoms with Gasteiger partial charge >= 0.3 is 18.9 Å². The van der Waals surface area contributed by atoms with E-state index in [1.165, 1.54) is 0 Å². The van der Waals surface area contributed by atoms with E-state index < -0.39 is 0 Å². The van der Waals surface area contributed by atoms with E-state index in [2.05, 4.69) is 12.2 Å². The van der Waals surface area contributed by atoms with Crippen molar-refractivity contribution in [3.63, 3.8) is 0 Å². The first-order chi connectivity index (χ1) is 5.86. The molecule has 2 heteroatoms. The molecule has 0 aliphatic heterocycles. The Kier molecular flexibility index (Phi) is 6.49. The van der Waals surface area contributed by atoms with Gasteiger partial charge in [-0.1, -0.05) is 43.7 Å². The third kappa shape index (κ3) is 4.22. The molecular weight excluding hydrogens is 153 g/mol. The van der Waals surface area contributed by atoms with Crippen LogP contribution < -0.4 is 18.9 Å². The van der Waals surface area contributed by atoms with Gasteiger partial charge in [0.1, 0.15) is 0 Å². The van der Waals surface area contributed by atoms with Crippen LogP contribution in [0, 0.1) is 0 Å². The predicted molar refractivity (Wildman–Crippen MR) is 53.5 cm³/mol. The van der Waals surface area contributed by atoms with Gasteiger partial charge in [-0.3, -0.25) is 0 Å². The molecule has 0 N–H and O–H groups in total. The first-order valence-corrected chi connectivity index (χ1v) is 4.28. The minimum absolute atomic E-state index is 0. The fraction of sp³-hybridized carbons (Fsp3) is 0.273. The molecular formula is C11H14LiN. The fourth-order valence-corrected chi connectivity index (χ4v) is 1.02. The maximum atomic E-state index is 4.46. The molecule has 64 valence electrons. The van der Waals surface area contributed by atoms with Crippen LogP contribution in [-0.2, 0) is 0 Å². The summed E-state index contributed by atoms with van der Waals surface area (Å²) < 4.78 is 0. The molecule has 13 heavy (non-hydrogen) atoms. The van der Waals surface area contributed by atoms with E-state index in [0.29, 0.717) is 0 Å². The van der Waals surface area contributed by atoms with E-state index in [1.54, 1.807) is 0 Å². The van der Waals surface area contributed by atoms with Gasteiger partial charge in [0.15, 0.2) is 0 Å². The number of hydrogen-bond donors (Lipinski definition) is 0. The third-order valence-electron chi connectivity index (χ3n) is 1.72. The smallest absolute Gasteiger partial charge is 0.662 e. The van der Waals surface area contributed by atoms with Crippen LogP contribution in [0.5, 0.6) is 0 Å². The van der Waals surface area contributed by atoms with Gasteiger partial charge < -0.3 is 5.32 Å². The summed E-state index contributed by atoms with van der Waals surface area (Å²) in [7, 11) is 0. The van der Waals surface area contributed by atoms with Crippen molar-refractivity contribution in [2.24, 2.45) is 0 Å². The summed E-state index contributed by atoms with van der Waals surface area (Å²) in [5.74, 6) is 0. The molecule has 0 atom stereocenters. The van der Waals surface area contributed by atoms with Crippen LogP contribution in [-0.4, -0.2) is 0 Å². The van der Waals surface area contributed by atoms with Crippen molar-refractivity contribution < 1.29 is 18.9 Å². The number of benzene rings is 1. The number of para-hydroxylation sites is 1.